The Morgan fingerprint density at radius 1 is 0.780 bits per heavy atom. The number of hydrogen-bond donors (Lipinski definition) is 7. The lowest BCUT2D eigenvalue weighted by atomic mass is 9.90. The first-order chi connectivity index (χ1) is 39.4. The molecule has 0 spiro atoms. The zero-order valence-electron chi connectivity index (χ0n) is 48.3. The number of aromatic nitrogens is 1. The maximum atomic E-state index is 14.2. The van der Waals surface area contributed by atoms with Crippen LogP contribution in [0.15, 0.2) is 91.0 Å². The molecular formula is C61H80ClN11O9. The minimum Gasteiger partial charge on any atom is -0.409 e. The van der Waals surface area contributed by atoms with Crippen LogP contribution in [0.1, 0.15) is 106 Å². The lowest BCUT2D eigenvalue weighted by Gasteiger charge is -2.32. The molecule has 1 saturated heterocycles. The number of nitrogens with two attached hydrogens (primary N) is 1. The molecule has 1 fully saturated rings. The van der Waals surface area contributed by atoms with Crippen molar-refractivity contribution in [2.75, 3.05) is 87.9 Å². The van der Waals surface area contributed by atoms with E-state index in [2.05, 4.69) is 55.0 Å². The summed E-state index contributed by atoms with van der Waals surface area (Å²) in [5.74, 6) is -2.24. The molecule has 8 N–H and O–H groups in total. The van der Waals surface area contributed by atoms with Gasteiger partial charge in [-0.3, -0.25) is 38.5 Å². The van der Waals surface area contributed by atoms with Gasteiger partial charge >= 0.3 is 6.09 Å². The number of alkyl halides is 1. The highest BCUT2D eigenvalue weighted by Gasteiger charge is 2.32. The van der Waals surface area contributed by atoms with Crippen LogP contribution >= 0.6 is 11.6 Å². The van der Waals surface area contributed by atoms with Gasteiger partial charge in [-0.2, -0.15) is 0 Å². The van der Waals surface area contributed by atoms with Crippen molar-refractivity contribution in [1.29, 1.82) is 0 Å². The van der Waals surface area contributed by atoms with Crippen LogP contribution in [0.4, 0.5) is 21.9 Å². The number of H-pyrrole nitrogens is 1. The van der Waals surface area contributed by atoms with Crippen molar-refractivity contribution in [3.05, 3.63) is 108 Å². The minimum atomic E-state index is -0.888. The van der Waals surface area contributed by atoms with E-state index in [1.54, 1.807) is 64.4 Å². The average Bonchev–Trinajstić information content (AvgIpc) is 4.30. The molecule has 4 aromatic carbocycles. The second kappa shape index (κ2) is 30.4. The summed E-state index contributed by atoms with van der Waals surface area (Å²) in [4.78, 5) is 114. The van der Waals surface area contributed by atoms with Crippen LogP contribution < -0.4 is 42.0 Å². The van der Waals surface area contributed by atoms with E-state index in [4.69, 9.17) is 10.5 Å². The van der Waals surface area contributed by atoms with Crippen molar-refractivity contribution in [2.24, 2.45) is 11.7 Å². The lowest BCUT2D eigenvalue weighted by Crippen LogP contribution is -2.53. The first-order valence-electron chi connectivity index (χ1n) is 28.2. The molecule has 5 aromatic rings. The normalized spacial score (nSPS) is 15.0. The monoisotopic (exact) mass is 1150 g/mol. The van der Waals surface area contributed by atoms with Gasteiger partial charge in [-0.05, 0) is 124 Å². The highest BCUT2D eigenvalue weighted by molar-refractivity contribution is 6.15. The number of carbonyl (C=O) groups excluding carboxylic acids is 8. The zero-order valence-corrected chi connectivity index (χ0v) is 49.0. The smallest absolute Gasteiger partial charge is 0.409 e. The van der Waals surface area contributed by atoms with Gasteiger partial charge in [0.2, 0.25) is 17.7 Å². The van der Waals surface area contributed by atoms with Gasteiger partial charge in [-0.25, -0.2) is 4.79 Å². The predicted molar refractivity (Wildman–Crippen MR) is 322 cm³/mol. The van der Waals surface area contributed by atoms with Gasteiger partial charge in [0.25, 0.3) is 23.6 Å². The highest BCUT2D eigenvalue weighted by atomic mass is 35.5. The number of hydrogen-bond acceptors (Lipinski definition) is 12. The summed E-state index contributed by atoms with van der Waals surface area (Å²) in [6.45, 7) is 13.8. The minimum absolute atomic E-state index is 0.0554. The van der Waals surface area contributed by atoms with E-state index in [0.29, 0.717) is 90.3 Å². The zero-order chi connectivity index (χ0) is 59.5. The summed E-state index contributed by atoms with van der Waals surface area (Å²) >= 11 is 4.64. The number of amides is 8. The molecule has 8 amide bonds. The number of nitrogens with zero attached hydrogens (tertiary/aromatic N) is 4. The number of anilines is 3. The number of ether oxygens (including phenoxy) is 1. The molecule has 21 heteroatoms. The molecule has 0 saturated carbocycles. The van der Waals surface area contributed by atoms with Crippen LogP contribution in [0.25, 0.3) is 21.7 Å². The van der Waals surface area contributed by atoms with Crippen molar-refractivity contribution in [3.8, 4) is 5.75 Å². The Kier molecular flexibility index (Phi) is 23.6. The van der Waals surface area contributed by atoms with E-state index in [1.165, 1.54) is 36.3 Å². The Balaban J connectivity index is 0.00000146. The van der Waals surface area contributed by atoms with E-state index < -0.39 is 35.4 Å². The van der Waals surface area contributed by atoms with Crippen molar-refractivity contribution in [2.45, 2.75) is 97.6 Å². The molecule has 1 unspecified atom stereocenters. The Morgan fingerprint density at radius 2 is 1.46 bits per heavy atom. The van der Waals surface area contributed by atoms with E-state index in [9.17, 15) is 38.4 Å². The molecule has 2 atom stereocenters. The highest BCUT2D eigenvalue weighted by Crippen LogP contribution is 2.41. The van der Waals surface area contributed by atoms with Crippen LogP contribution in [0, 0.1) is 5.92 Å². The quantitative estimate of drug-likeness (QED) is 0.0262. The summed E-state index contributed by atoms with van der Waals surface area (Å²) in [7, 11) is 2.02. The number of imide groups is 1. The first kappa shape index (κ1) is 63.5. The Labute approximate surface area is 485 Å². The number of carbonyl (C=O) groups is 8. The average molecular weight is 1150 g/mol. The SMILES string of the molecule is CCCC(C)(CCCN1C(=O)C=CC1=O)NCC(=O)N[C@@H](CC(C)C)C(=O)NCC(=O)Nc1ccc(C(=O)Nc2ccc3[nH]c(C(=O)N4CCc5c4cc(OC(=O)N4CCN(C)CC4)c4ccccc54)cc3c2)cc1.CCCCN.CCl. The fourth-order valence-corrected chi connectivity index (χ4v) is 10.1. The van der Waals surface area contributed by atoms with Gasteiger partial charge in [-0.15, -0.1) is 11.6 Å². The standard InChI is InChI=1S/C56H66N10O9.C4H11N.CH3Cl/c1-6-21-56(4,22-9-23-66-50(69)18-19-51(66)70)58-34-49(68)62-44(29-35(2)3)53(72)57-33-48(67)59-38-14-12-36(13-15-38)52(71)60-39-16-17-43-37(30-39)31-45(61-43)54(73)65-24-20-41-40-10-7-8-11-42(40)47(32-46(41)65)75-55(74)64-27-25-63(5)26-28-64;1-2-3-4-5;1-2/h7-8,10-19,30-32,35,44,58,61H,6,9,20-29,33-34H2,1-5H3,(H,57,72)(H,59,67)(H,60,71)(H,62,68);2-5H2,1H3;1H3/t44-,56?;;/m0../s1. The number of likely N-dealkylation sites (N-methyl/N-ethyl adjacent to an activating group) is 1. The van der Waals surface area contributed by atoms with E-state index >= 15 is 0 Å². The van der Waals surface area contributed by atoms with E-state index in [1.807, 2.05) is 59.0 Å². The van der Waals surface area contributed by atoms with Crippen LogP contribution in [-0.2, 0) is 30.4 Å². The molecule has 20 nitrogen and oxygen atoms in total. The lowest BCUT2D eigenvalue weighted by molar-refractivity contribution is -0.137. The topological polar surface area (TPSA) is 261 Å². The molecule has 3 aliphatic heterocycles. The summed E-state index contributed by atoms with van der Waals surface area (Å²) in [6, 6.07) is 22.0. The van der Waals surface area contributed by atoms with Crippen molar-refractivity contribution >= 4 is 97.8 Å². The van der Waals surface area contributed by atoms with Gasteiger partial charge in [0.05, 0.1) is 18.8 Å². The molecule has 82 heavy (non-hydrogen) atoms. The number of rotatable bonds is 22. The fraction of sp³-hybridized carbons (Fsp3) is 0.443. The number of aromatic amines is 1. The van der Waals surface area contributed by atoms with Crippen LogP contribution in [0.5, 0.6) is 5.75 Å². The number of benzene rings is 4. The molecule has 0 aliphatic carbocycles. The summed E-state index contributed by atoms with van der Waals surface area (Å²) in [5.41, 5.74) is 8.67. The van der Waals surface area contributed by atoms with Gasteiger partial charge < -0.3 is 56.7 Å². The number of nitrogens with one attached hydrogen (secondary N) is 6. The molecule has 4 heterocycles. The van der Waals surface area contributed by atoms with E-state index in [-0.39, 0.29) is 49.2 Å². The molecule has 0 radical (unpaired) electrons. The third-order valence-corrected chi connectivity index (χ3v) is 14.5. The molecule has 440 valence electrons. The second-order valence-corrected chi connectivity index (χ2v) is 21.4. The van der Waals surface area contributed by atoms with E-state index in [0.717, 1.165) is 48.8 Å². The second-order valence-electron chi connectivity index (χ2n) is 21.4. The van der Waals surface area contributed by atoms with Gasteiger partial charge in [-0.1, -0.05) is 64.8 Å². The Morgan fingerprint density at radius 3 is 2.11 bits per heavy atom. The molecule has 8 rings (SSSR count). The number of halogens is 1. The molecule has 3 aliphatic rings. The predicted octanol–water partition coefficient (Wildman–Crippen LogP) is 7.56. The van der Waals surface area contributed by atoms with Gasteiger partial charge in [0.1, 0.15) is 17.5 Å². The number of piperazine rings is 1. The van der Waals surface area contributed by atoms with Gasteiger partial charge in [0.15, 0.2) is 0 Å². The van der Waals surface area contributed by atoms with Crippen molar-refractivity contribution in [1.82, 2.24) is 35.6 Å². The maximum Gasteiger partial charge on any atom is 0.415 e. The summed E-state index contributed by atoms with van der Waals surface area (Å²) in [6.07, 6.45) is 9.69. The third kappa shape index (κ3) is 17.2. The van der Waals surface area contributed by atoms with Crippen molar-refractivity contribution in [3.63, 3.8) is 0 Å². The van der Waals surface area contributed by atoms with Crippen LogP contribution in [0.3, 0.4) is 0 Å². The molecule has 0 bridgehead atoms. The third-order valence-electron chi connectivity index (χ3n) is 14.5. The number of unbranched alkanes of at least 4 members (excludes halogenated alkanes) is 1. The fourth-order valence-electron chi connectivity index (χ4n) is 10.1. The van der Waals surface area contributed by atoms with Crippen LogP contribution in [0.2, 0.25) is 0 Å². The summed E-state index contributed by atoms with van der Waals surface area (Å²) in [5, 5.41) is 16.8. The summed E-state index contributed by atoms with van der Waals surface area (Å²) < 4.78 is 6.02. The Bertz CT molecular complexity index is 3080. The Hall–Kier alpha value is -7.65. The first-order valence-corrected chi connectivity index (χ1v) is 28.9. The van der Waals surface area contributed by atoms with Crippen LogP contribution in [-0.4, -0.2) is 151 Å². The van der Waals surface area contributed by atoms with Gasteiger partial charge in [0, 0.05) is 103 Å². The largest absolute Gasteiger partial charge is 0.415 e. The molecular weight excluding hydrogens is 1070 g/mol. The van der Waals surface area contributed by atoms with Crippen molar-refractivity contribution < 1.29 is 43.1 Å². The number of fused-ring (bicyclic) bond motifs is 4. The molecule has 1 aromatic heterocycles. The maximum absolute atomic E-state index is 14.2.